The lowest BCUT2D eigenvalue weighted by Gasteiger charge is -2.17. The van der Waals surface area contributed by atoms with Gasteiger partial charge in [0.05, 0.1) is 33.5 Å². The van der Waals surface area contributed by atoms with Crippen LogP contribution in [0.2, 0.25) is 5.02 Å². The number of hydrogen-bond acceptors (Lipinski definition) is 7. The number of halogens is 1. The third-order valence-corrected chi connectivity index (χ3v) is 6.07. The van der Waals surface area contributed by atoms with Crippen molar-refractivity contribution in [1.29, 1.82) is 0 Å². The van der Waals surface area contributed by atoms with Crippen molar-refractivity contribution in [2.75, 3.05) is 13.7 Å². The van der Waals surface area contributed by atoms with Crippen molar-refractivity contribution in [3.05, 3.63) is 49.8 Å². The third-order valence-electron chi connectivity index (χ3n) is 3.91. The van der Waals surface area contributed by atoms with E-state index in [4.69, 9.17) is 11.6 Å². The standard InChI is InChI=1S/C19H26ClN5O2S2/c1-11(2)7-14(10-26)24-17(16-9-23-19(27)29-16)25-18(21-4)28-12(3)15-6-5-13(20)8-22-15/h5-6,8-9,11-12,14,26H,7,10H2,1-4H3,(H,23,27)(H,21,24,25)/t12-,14+/m0/s1. The molecule has 0 spiro atoms. The van der Waals surface area contributed by atoms with Crippen molar-refractivity contribution in [3.63, 3.8) is 0 Å². The van der Waals surface area contributed by atoms with Crippen LogP contribution in [0.5, 0.6) is 0 Å². The van der Waals surface area contributed by atoms with Gasteiger partial charge in [0.25, 0.3) is 0 Å². The summed E-state index contributed by atoms with van der Waals surface area (Å²) in [6.07, 6.45) is 3.97. The number of H-pyrrole nitrogens is 1. The Hall–Kier alpha value is -1.68. The van der Waals surface area contributed by atoms with Crippen molar-refractivity contribution in [3.8, 4) is 0 Å². The molecular weight excluding hydrogens is 430 g/mol. The van der Waals surface area contributed by atoms with Crippen molar-refractivity contribution in [2.45, 2.75) is 38.5 Å². The molecule has 3 N–H and O–H groups in total. The molecule has 0 aliphatic rings. The number of hydrogen-bond donors (Lipinski definition) is 3. The SMILES string of the molecule is CN=C(NC(=N[C@@H](CO)CC(C)C)c1c[nH]c(=O)s1)S[C@@H](C)c1ccc(Cl)cn1. The van der Waals surface area contributed by atoms with Crippen LogP contribution in [0.4, 0.5) is 0 Å². The topological polar surface area (TPSA) is 103 Å². The first-order chi connectivity index (χ1) is 13.8. The molecular formula is C19H26ClN5O2S2. The Bertz CT molecular complexity index is 893. The number of nitrogens with zero attached hydrogens (tertiary/aromatic N) is 3. The predicted molar refractivity (Wildman–Crippen MR) is 124 cm³/mol. The fourth-order valence-electron chi connectivity index (χ4n) is 2.55. The first-order valence-corrected chi connectivity index (χ1v) is 11.3. The lowest BCUT2D eigenvalue weighted by atomic mass is 10.1. The minimum Gasteiger partial charge on any atom is -0.394 e. The summed E-state index contributed by atoms with van der Waals surface area (Å²) in [4.78, 5) is 28.2. The Morgan fingerprint density at radius 1 is 1.41 bits per heavy atom. The largest absolute Gasteiger partial charge is 0.394 e. The molecule has 2 aromatic rings. The number of aromatic nitrogens is 2. The van der Waals surface area contributed by atoms with Gasteiger partial charge in [-0.25, -0.2) is 0 Å². The number of aliphatic hydroxyl groups excluding tert-OH is 1. The Kier molecular flexibility index (Phi) is 9.35. The Morgan fingerprint density at radius 2 is 2.17 bits per heavy atom. The monoisotopic (exact) mass is 455 g/mol. The predicted octanol–water partition coefficient (Wildman–Crippen LogP) is 3.71. The van der Waals surface area contributed by atoms with Gasteiger partial charge < -0.3 is 15.4 Å². The van der Waals surface area contributed by atoms with Crippen LogP contribution in [0.3, 0.4) is 0 Å². The van der Waals surface area contributed by atoms with E-state index in [1.165, 1.54) is 11.8 Å². The second-order valence-electron chi connectivity index (χ2n) is 6.80. The molecule has 0 saturated heterocycles. The number of thiazole rings is 1. The van der Waals surface area contributed by atoms with Crippen LogP contribution in [0.25, 0.3) is 0 Å². The highest BCUT2D eigenvalue weighted by Gasteiger charge is 2.17. The molecule has 0 radical (unpaired) electrons. The fraction of sp³-hybridized carbons (Fsp3) is 0.474. The van der Waals surface area contributed by atoms with Gasteiger partial charge in [0.1, 0.15) is 5.84 Å². The maximum absolute atomic E-state index is 11.6. The highest BCUT2D eigenvalue weighted by atomic mass is 35.5. The first-order valence-electron chi connectivity index (χ1n) is 9.21. The molecule has 2 atom stereocenters. The van der Waals surface area contributed by atoms with Gasteiger partial charge in [0, 0.05) is 19.4 Å². The van der Waals surface area contributed by atoms with Crippen LogP contribution in [0.1, 0.15) is 43.0 Å². The van der Waals surface area contributed by atoms with Gasteiger partial charge in [-0.05, 0) is 31.4 Å². The molecule has 10 heteroatoms. The van der Waals surface area contributed by atoms with E-state index in [1.807, 2.05) is 13.0 Å². The number of aromatic amines is 1. The van der Waals surface area contributed by atoms with Crippen molar-refractivity contribution in [1.82, 2.24) is 15.3 Å². The molecule has 0 aliphatic carbocycles. The summed E-state index contributed by atoms with van der Waals surface area (Å²) in [7, 11) is 1.69. The van der Waals surface area contributed by atoms with Gasteiger partial charge in [-0.1, -0.05) is 48.5 Å². The van der Waals surface area contributed by atoms with Gasteiger partial charge in [0.15, 0.2) is 5.17 Å². The van der Waals surface area contributed by atoms with E-state index in [0.29, 0.717) is 26.8 Å². The highest BCUT2D eigenvalue weighted by Crippen LogP contribution is 2.28. The maximum Gasteiger partial charge on any atom is 0.305 e. The molecule has 2 heterocycles. The summed E-state index contributed by atoms with van der Waals surface area (Å²) in [6, 6.07) is 3.41. The molecule has 0 fully saturated rings. The second kappa shape index (κ2) is 11.5. The average molecular weight is 456 g/mol. The minimum absolute atomic E-state index is 0.0222. The summed E-state index contributed by atoms with van der Waals surface area (Å²) in [6.45, 7) is 6.11. The second-order valence-corrected chi connectivity index (χ2v) is 9.58. The summed E-state index contributed by atoms with van der Waals surface area (Å²) in [5.41, 5.74) is 0.875. The van der Waals surface area contributed by atoms with Crippen LogP contribution in [0.15, 0.2) is 39.3 Å². The number of nitrogens with one attached hydrogen (secondary N) is 2. The number of aliphatic hydroxyl groups is 1. The molecule has 0 aliphatic heterocycles. The zero-order valence-corrected chi connectivity index (χ0v) is 19.2. The van der Waals surface area contributed by atoms with E-state index in [9.17, 15) is 9.90 Å². The van der Waals surface area contributed by atoms with Crippen LogP contribution in [-0.2, 0) is 0 Å². The lowest BCUT2D eigenvalue weighted by molar-refractivity contribution is 0.251. The van der Waals surface area contributed by atoms with Gasteiger partial charge in [-0.3, -0.25) is 19.8 Å². The smallest absolute Gasteiger partial charge is 0.305 e. The first kappa shape index (κ1) is 23.6. The molecule has 0 bridgehead atoms. The van der Waals surface area contributed by atoms with Gasteiger partial charge in [-0.15, -0.1) is 0 Å². The number of pyridine rings is 1. The third kappa shape index (κ3) is 7.58. The van der Waals surface area contributed by atoms with E-state index in [-0.39, 0.29) is 22.8 Å². The van der Waals surface area contributed by atoms with Crippen molar-refractivity contribution >= 4 is 45.7 Å². The number of aliphatic imine (C=N–C) groups is 2. The van der Waals surface area contributed by atoms with Gasteiger partial charge in [0.2, 0.25) is 0 Å². The van der Waals surface area contributed by atoms with Crippen molar-refractivity contribution in [2.24, 2.45) is 15.9 Å². The molecule has 2 aromatic heterocycles. The number of thioether (sulfide) groups is 1. The summed E-state index contributed by atoms with van der Waals surface area (Å²) in [5.74, 6) is 0.893. The Balaban J connectivity index is 2.23. The number of amidine groups is 2. The molecule has 0 saturated carbocycles. The Morgan fingerprint density at radius 3 is 2.69 bits per heavy atom. The molecule has 7 nitrogen and oxygen atoms in total. The average Bonchev–Trinajstić information content (AvgIpc) is 3.12. The molecule has 2 rings (SSSR count). The Labute approximate surface area is 183 Å². The van der Waals surface area contributed by atoms with E-state index in [1.54, 1.807) is 25.5 Å². The quantitative estimate of drug-likeness (QED) is 0.436. The molecule has 0 unspecified atom stereocenters. The molecule has 29 heavy (non-hydrogen) atoms. The molecule has 158 valence electrons. The van der Waals surface area contributed by atoms with E-state index in [0.717, 1.165) is 23.5 Å². The zero-order chi connectivity index (χ0) is 21.4. The van der Waals surface area contributed by atoms with Gasteiger partial charge >= 0.3 is 4.87 Å². The zero-order valence-electron chi connectivity index (χ0n) is 16.8. The normalized spacial score (nSPS) is 14.9. The fourth-order valence-corrected chi connectivity index (χ4v) is 4.15. The van der Waals surface area contributed by atoms with E-state index < -0.39 is 0 Å². The van der Waals surface area contributed by atoms with E-state index in [2.05, 4.69) is 39.1 Å². The van der Waals surface area contributed by atoms with Crippen LogP contribution < -0.4 is 10.2 Å². The molecule has 0 aromatic carbocycles. The van der Waals surface area contributed by atoms with Crippen LogP contribution in [-0.4, -0.2) is 45.8 Å². The summed E-state index contributed by atoms with van der Waals surface area (Å²) in [5, 5.41) is 14.2. The minimum atomic E-state index is -0.270. The highest BCUT2D eigenvalue weighted by molar-refractivity contribution is 8.14. The summed E-state index contributed by atoms with van der Waals surface area (Å²) < 4.78 is 0. The maximum atomic E-state index is 11.6. The van der Waals surface area contributed by atoms with E-state index >= 15 is 0 Å². The van der Waals surface area contributed by atoms with Crippen molar-refractivity contribution < 1.29 is 5.11 Å². The van der Waals surface area contributed by atoms with Gasteiger partial charge in [-0.2, -0.15) is 0 Å². The lowest BCUT2D eigenvalue weighted by Crippen LogP contribution is -2.31. The summed E-state index contributed by atoms with van der Waals surface area (Å²) >= 11 is 8.46. The molecule has 0 amide bonds. The number of rotatable bonds is 7. The van der Waals surface area contributed by atoms with Crippen LogP contribution in [0, 0.1) is 5.92 Å². The van der Waals surface area contributed by atoms with Crippen LogP contribution >= 0.6 is 34.7 Å².